The Morgan fingerprint density at radius 1 is 1.19 bits per heavy atom. The lowest BCUT2D eigenvalue weighted by Crippen LogP contribution is -2.54. The Morgan fingerprint density at radius 2 is 1.71 bits per heavy atom. The van der Waals surface area contributed by atoms with Gasteiger partial charge >= 0.3 is 6.09 Å². The molecule has 4 saturated carbocycles. The highest BCUT2D eigenvalue weighted by atomic mass is 16.6. The van der Waals surface area contributed by atoms with E-state index in [2.05, 4.69) is 5.32 Å². The number of alkyl carbamates (subject to hydrolysis) is 1. The third-order valence-electron chi connectivity index (χ3n) is 5.48. The smallest absolute Gasteiger partial charge is 0.408 e. The van der Waals surface area contributed by atoms with Gasteiger partial charge in [0.15, 0.2) is 0 Å². The van der Waals surface area contributed by atoms with Crippen LogP contribution in [-0.4, -0.2) is 24.0 Å². The summed E-state index contributed by atoms with van der Waals surface area (Å²) in [5.74, 6) is 2.63. The van der Waals surface area contributed by atoms with Gasteiger partial charge in [0.2, 0.25) is 0 Å². The monoisotopic (exact) mass is 293 g/mol. The maximum atomic E-state index is 12.2. The first kappa shape index (κ1) is 14.9. The van der Waals surface area contributed by atoms with Crippen molar-refractivity contribution >= 4 is 12.4 Å². The fourth-order valence-corrected chi connectivity index (χ4v) is 5.19. The van der Waals surface area contributed by atoms with Crippen LogP contribution >= 0.6 is 0 Å². The number of hydrogen-bond donors (Lipinski definition) is 1. The predicted molar refractivity (Wildman–Crippen MR) is 79.8 cm³/mol. The summed E-state index contributed by atoms with van der Waals surface area (Å²) in [4.78, 5) is 23.3. The van der Waals surface area contributed by atoms with E-state index in [-0.39, 0.29) is 5.60 Å². The van der Waals surface area contributed by atoms with Crippen molar-refractivity contribution in [2.24, 2.45) is 23.7 Å². The molecule has 4 heteroatoms. The van der Waals surface area contributed by atoms with Gasteiger partial charge in [0.25, 0.3) is 0 Å². The SMILES string of the molecule is CC(C)C[C@@H](C=O)NC(=O)OC12CC3CC(CC(C3)C1)C2. The van der Waals surface area contributed by atoms with E-state index in [1.54, 1.807) is 0 Å². The van der Waals surface area contributed by atoms with Crippen LogP contribution in [0.3, 0.4) is 0 Å². The van der Waals surface area contributed by atoms with Crippen molar-refractivity contribution in [2.75, 3.05) is 0 Å². The second-order valence-corrected chi connectivity index (χ2v) is 8.01. The molecule has 0 aromatic rings. The summed E-state index contributed by atoms with van der Waals surface area (Å²) in [7, 11) is 0. The Morgan fingerprint density at radius 3 is 2.14 bits per heavy atom. The molecule has 4 nitrogen and oxygen atoms in total. The van der Waals surface area contributed by atoms with Crippen molar-refractivity contribution in [2.45, 2.75) is 70.4 Å². The van der Waals surface area contributed by atoms with Crippen LogP contribution in [0.25, 0.3) is 0 Å². The summed E-state index contributed by atoms with van der Waals surface area (Å²) >= 11 is 0. The molecule has 21 heavy (non-hydrogen) atoms. The Bertz CT molecular complexity index is 383. The lowest BCUT2D eigenvalue weighted by molar-refractivity contribution is -0.128. The summed E-state index contributed by atoms with van der Waals surface area (Å²) < 4.78 is 5.86. The molecular weight excluding hydrogens is 266 g/mol. The van der Waals surface area contributed by atoms with E-state index in [9.17, 15) is 9.59 Å². The predicted octanol–water partition coefficient (Wildman–Crippen LogP) is 3.30. The minimum atomic E-state index is -0.425. The fourth-order valence-electron chi connectivity index (χ4n) is 5.19. The van der Waals surface area contributed by atoms with Crippen molar-refractivity contribution in [3.8, 4) is 0 Å². The average molecular weight is 293 g/mol. The summed E-state index contributed by atoms with van der Waals surface area (Å²) in [6, 6.07) is -0.425. The van der Waals surface area contributed by atoms with Crippen molar-refractivity contribution in [1.82, 2.24) is 5.32 Å². The Hall–Kier alpha value is -1.06. The van der Waals surface area contributed by atoms with Gasteiger partial charge in [0.1, 0.15) is 11.9 Å². The number of carbonyl (C=O) groups excluding carboxylic acids is 2. The number of aldehydes is 1. The number of nitrogens with one attached hydrogen (secondary N) is 1. The van der Waals surface area contributed by atoms with E-state index in [0.29, 0.717) is 12.3 Å². The van der Waals surface area contributed by atoms with Crippen LogP contribution in [0.4, 0.5) is 4.79 Å². The molecule has 0 heterocycles. The summed E-state index contributed by atoms with van der Waals surface area (Å²) in [5, 5.41) is 2.74. The molecule has 0 radical (unpaired) electrons. The van der Waals surface area contributed by atoms with E-state index in [4.69, 9.17) is 4.74 Å². The third kappa shape index (κ3) is 3.24. The number of rotatable bonds is 5. The Kier molecular flexibility index (Phi) is 3.98. The summed E-state index contributed by atoms with van der Waals surface area (Å²) in [6.45, 7) is 4.09. The molecule has 118 valence electrons. The van der Waals surface area contributed by atoms with Gasteiger partial charge in [0.05, 0.1) is 6.04 Å². The van der Waals surface area contributed by atoms with Gasteiger partial charge in [-0.05, 0) is 68.6 Å². The van der Waals surface area contributed by atoms with Crippen LogP contribution in [0.5, 0.6) is 0 Å². The van der Waals surface area contributed by atoms with Crippen LogP contribution in [0.2, 0.25) is 0 Å². The van der Waals surface area contributed by atoms with Gasteiger partial charge in [-0.15, -0.1) is 0 Å². The van der Waals surface area contributed by atoms with Crippen molar-refractivity contribution in [3.05, 3.63) is 0 Å². The number of ether oxygens (including phenoxy) is 1. The van der Waals surface area contributed by atoms with Crippen molar-refractivity contribution < 1.29 is 14.3 Å². The first-order valence-electron chi connectivity index (χ1n) is 8.43. The highest BCUT2D eigenvalue weighted by Crippen LogP contribution is 2.57. The Balaban J connectivity index is 1.58. The minimum Gasteiger partial charge on any atom is -0.443 e. The fraction of sp³-hybridized carbons (Fsp3) is 0.882. The zero-order valence-electron chi connectivity index (χ0n) is 13.1. The molecule has 1 N–H and O–H groups in total. The van der Waals surface area contributed by atoms with E-state index >= 15 is 0 Å². The lowest BCUT2D eigenvalue weighted by Gasteiger charge is -2.55. The zero-order chi connectivity index (χ0) is 15.0. The van der Waals surface area contributed by atoms with E-state index < -0.39 is 12.1 Å². The molecule has 4 rings (SSSR count). The van der Waals surface area contributed by atoms with Gasteiger partial charge in [-0.25, -0.2) is 4.79 Å². The molecule has 1 atom stereocenters. The first-order chi connectivity index (χ1) is 9.98. The maximum absolute atomic E-state index is 12.2. The van der Waals surface area contributed by atoms with E-state index in [1.807, 2.05) is 13.8 Å². The maximum Gasteiger partial charge on any atom is 0.408 e. The normalized spacial score (nSPS) is 38.3. The van der Waals surface area contributed by atoms with E-state index in [0.717, 1.165) is 43.3 Å². The molecule has 4 aliphatic carbocycles. The lowest BCUT2D eigenvalue weighted by atomic mass is 9.54. The highest BCUT2D eigenvalue weighted by molar-refractivity contribution is 5.73. The van der Waals surface area contributed by atoms with Crippen LogP contribution < -0.4 is 5.32 Å². The molecule has 4 bridgehead atoms. The molecule has 0 unspecified atom stereocenters. The van der Waals surface area contributed by atoms with Crippen LogP contribution in [0, 0.1) is 23.7 Å². The molecule has 0 aromatic heterocycles. The van der Waals surface area contributed by atoms with Gasteiger partial charge < -0.3 is 14.8 Å². The van der Waals surface area contributed by atoms with Gasteiger partial charge in [-0.2, -0.15) is 0 Å². The molecule has 0 spiro atoms. The van der Waals surface area contributed by atoms with Crippen LogP contribution in [0.15, 0.2) is 0 Å². The summed E-state index contributed by atoms with van der Waals surface area (Å²) in [5.41, 5.74) is -0.232. The van der Waals surface area contributed by atoms with E-state index in [1.165, 1.54) is 19.3 Å². The summed E-state index contributed by atoms with van der Waals surface area (Å²) in [6.07, 6.45) is 8.17. The van der Waals surface area contributed by atoms with Gasteiger partial charge in [0, 0.05) is 0 Å². The van der Waals surface area contributed by atoms with Crippen molar-refractivity contribution in [1.29, 1.82) is 0 Å². The van der Waals surface area contributed by atoms with Crippen LogP contribution in [-0.2, 0) is 9.53 Å². The molecule has 4 aliphatic rings. The average Bonchev–Trinajstić information content (AvgIpc) is 2.34. The Labute approximate surface area is 127 Å². The standard InChI is InChI=1S/C17H27NO3/c1-11(2)3-15(10-19)18-16(20)21-17-7-12-4-13(8-17)6-14(5-12)9-17/h10-15H,3-9H2,1-2H3,(H,18,20)/t12?,13?,14?,15-,17?/m0/s1. The van der Waals surface area contributed by atoms with Crippen molar-refractivity contribution in [3.63, 3.8) is 0 Å². The largest absolute Gasteiger partial charge is 0.443 e. The molecule has 4 fully saturated rings. The molecular formula is C17H27NO3. The topological polar surface area (TPSA) is 55.4 Å². The van der Waals surface area contributed by atoms with Gasteiger partial charge in [-0.3, -0.25) is 0 Å². The third-order valence-corrected chi connectivity index (χ3v) is 5.48. The molecule has 0 aliphatic heterocycles. The zero-order valence-corrected chi connectivity index (χ0v) is 13.1. The number of hydrogen-bond acceptors (Lipinski definition) is 3. The first-order valence-corrected chi connectivity index (χ1v) is 8.43. The minimum absolute atomic E-state index is 0.232. The second kappa shape index (κ2) is 5.62. The highest BCUT2D eigenvalue weighted by Gasteiger charge is 2.53. The van der Waals surface area contributed by atoms with Crippen LogP contribution in [0.1, 0.15) is 58.8 Å². The second-order valence-electron chi connectivity index (χ2n) is 8.01. The van der Waals surface area contributed by atoms with Gasteiger partial charge in [-0.1, -0.05) is 13.8 Å². The molecule has 1 amide bonds. The number of carbonyl (C=O) groups is 2. The number of amides is 1. The molecule has 0 aromatic carbocycles. The molecule has 0 saturated heterocycles. The quantitative estimate of drug-likeness (QED) is 0.791.